The summed E-state index contributed by atoms with van der Waals surface area (Å²) in [4.78, 5) is 23.7. The van der Waals surface area contributed by atoms with Crippen molar-refractivity contribution in [2.45, 2.75) is 13.5 Å². The monoisotopic (exact) mass is 376 g/mol. The van der Waals surface area contributed by atoms with E-state index in [4.69, 9.17) is 0 Å². The number of methoxy groups -OCH3 is 1. The number of carbonyl (C=O) groups excluding carboxylic acids is 2. The molecule has 7 heteroatoms. The average Bonchev–Trinajstić information content (AvgIpc) is 2.73. The molecular formula is C21H20N4O3. The summed E-state index contributed by atoms with van der Waals surface area (Å²) in [6.07, 6.45) is 0. The molecule has 1 amide bonds. The molecule has 0 aliphatic heterocycles. The molecule has 0 aliphatic carbocycles. The predicted molar refractivity (Wildman–Crippen MR) is 106 cm³/mol. The fraction of sp³-hybridized carbons (Fsp3) is 0.143. The van der Waals surface area contributed by atoms with Crippen molar-refractivity contribution in [1.82, 2.24) is 10.2 Å². The zero-order chi connectivity index (χ0) is 19.9. The molecule has 0 saturated heterocycles. The second kappa shape index (κ2) is 8.77. The highest BCUT2D eigenvalue weighted by molar-refractivity contribution is 6.03. The van der Waals surface area contributed by atoms with Crippen molar-refractivity contribution in [1.29, 1.82) is 0 Å². The van der Waals surface area contributed by atoms with Crippen molar-refractivity contribution in [3.8, 4) is 0 Å². The second-order valence-electron chi connectivity index (χ2n) is 6.11. The van der Waals surface area contributed by atoms with Gasteiger partial charge in [0.15, 0.2) is 5.69 Å². The van der Waals surface area contributed by atoms with Gasteiger partial charge in [-0.3, -0.25) is 4.79 Å². The van der Waals surface area contributed by atoms with Gasteiger partial charge in [-0.2, -0.15) is 0 Å². The van der Waals surface area contributed by atoms with Crippen LogP contribution in [0.5, 0.6) is 0 Å². The van der Waals surface area contributed by atoms with Crippen molar-refractivity contribution in [3.63, 3.8) is 0 Å². The Hall–Kier alpha value is -3.74. The van der Waals surface area contributed by atoms with Gasteiger partial charge in [-0.05, 0) is 54.4 Å². The highest BCUT2D eigenvalue weighted by Gasteiger charge is 2.10. The van der Waals surface area contributed by atoms with Crippen LogP contribution in [0.4, 0.5) is 11.5 Å². The first-order valence-electron chi connectivity index (χ1n) is 8.68. The molecule has 142 valence electrons. The van der Waals surface area contributed by atoms with E-state index in [-0.39, 0.29) is 11.6 Å². The van der Waals surface area contributed by atoms with Gasteiger partial charge < -0.3 is 15.4 Å². The van der Waals surface area contributed by atoms with E-state index in [2.05, 4.69) is 25.6 Å². The molecule has 3 rings (SSSR count). The van der Waals surface area contributed by atoms with Gasteiger partial charge in [0.25, 0.3) is 5.91 Å². The lowest BCUT2D eigenvalue weighted by molar-refractivity contribution is 0.0600. The topological polar surface area (TPSA) is 93.2 Å². The lowest BCUT2D eigenvalue weighted by Gasteiger charge is -2.08. The number of rotatable bonds is 6. The third-order valence-electron chi connectivity index (χ3n) is 4.18. The van der Waals surface area contributed by atoms with Gasteiger partial charge >= 0.3 is 5.97 Å². The molecule has 1 aromatic heterocycles. The van der Waals surface area contributed by atoms with E-state index in [1.165, 1.54) is 18.2 Å². The summed E-state index contributed by atoms with van der Waals surface area (Å²) in [5.74, 6) is -0.233. The number of aryl methyl sites for hydroxylation is 1. The molecule has 2 aromatic carbocycles. The Balaban J connectivity index is 1.59. The third kappa shape index (κ3) is 4.70. The zero-order valence-electron chi connectivity index (χ0n) is 15.6. The Morgan fingerprint density at radius 1 is 0.964 bits per heavy atom. The minimum atomic E-state index is -0.433. The molecule has 0 fully saturated rings. The maximum atomic E-state index is 12.3. The molecule has 0 spiro atoms. The summed E-state index contributed by atoms with van der Waals surface area (Å²) in [7, 11) is 1.32. The maximum absolute atomic E-state index is 12.3. The fourth-order valence-electron chi connectivity index (χ4n) is 2.54. The van der Waals surface area contributed by atoms with Crippen LogP contribution in [-0.4, -0.2) is 29.2 Å². The average molecular weight is 376 g/mol. The minimum Gasteiger partial charge on any atom is -0.465 e. The van der Waals surface area contributed by atoms with E-state index < -0.39 is 5.97 Å². The Kier molecular flexibility index (Phi) is 5.96. The second-order valence-corrected chi connectivity index (χ2v) is 6.11. The van der Waals surface area contributed by atoms with Gasteiger partial charge in [-0.25, -0.2) is 4.79 Å². The summed E-state index contributed by atoms with van der Waals surface area (Å²) in [5, 5.41) is 13.9. The van der Waals surface area contributed by atoms with E-state index in [0.29, 0.717) is 23.6 Å². The molecule has 2 N–H and O–H groups in total. The number of benzene rings is 2. The molecule has 0 radical (unpaired) electrons. The first-order chi connectivity index (χ1) is 13.6. The van der Waals surface area contributed by atoms with Crippen LogP contribution in [-0.2, 0) is 11.3 Å². The van der Waals surface area contributed by atoms with Crippen LogP contribution in [0.2, 0.25) is 0 Å². The molecule has 1 heterocycles. The smallest absolute Gasteiger partial charge is 0.337 e. The number of amides is 1. The zero-order valence-corrected chi connectivity index (χ0v) is 15.6. The third-order valence-corrected chi connectivity index (χ3v) is 4.18. The first-order valence-corrected chi connectivity index (χ1v) is 8.68. The molecule has 7 nitrogen and oxygen atoms in total. The van der Waals surface area contributed by atoms with Crippen LogP contribution in [0.1, 0.15) is 32.0 Å². The number of anilines is 2. The normalized spacial score (nSPS) is 10.2. The van der Waals surface area contributed by atoms with Crippen molar-refractivity contribution in [2.75, 3.05) is 17.7 Å². The standard InChI is InChI=1S/C21H20N4O3/c1-14-5-3-4-6-16(14)13-22-19-12-11-18(24-25-19)20(26)23-17-9-7-15(8-10-17)21(27)28-2/h3-12H,13H2,1-2H3,(H,22,25)(H,23,26). The van der Waals surface area contributed by atoms with Crippen LogP contribution in [0.25, 0.3) is 0 Å². The van der Waals surface area contributed by atoms with Gasteiger partial charge in [0, 0.05) is 12.2 Å². The van der Waals surface area contributed by atoms with Crippen molar-refractivity contribution < 1.29 is 14.3 Å². The first kappa shape index (κ1) is 19.0. The molecule has 0 bridgehead atoms. The van der Waals surface area contributed by atoms with Crippen LogP contribution in [0, 0.1) is 6.92 Å². The van der Waals surface area contributed by atoms with E-state index in [1.807, 2.05) is 31.2 Å². The van der Waals surface area contributed by atoms with E-state index in [1.54, 1.807) is 36.4 Å². The summed E-state index contributed by atoms with van der Waals surface area (Å²) in [5.41, 5.74) is 3.50. The minimum absolute atomic E-state index is 0.193. The maximum Gasteiger partial charge on any atom is 0.337 e. The summed E-state index contributed by atoms with van der Waals surface area (Å²) in [6, 6.07) is 17.8. The van der Waals surface area contributed by atoms with Crippen LogP contribution < -0.4 is 10.6 Å². The highest BCUT2D eigenvalue weighted by atomic mass is 16.5. The molecular weight excluding hydrogens is 356 g/mol. The number of nitrogens with zero attached hydrogens (tertiary/aromatic N) is 2. The number of esters is 1. The van der Waals surface area contributed by atoms with E-state index in [9.17, 15) is 9.59 Å². The van der Waals surface area contributed by atoms with E-state index >= 15 is 0 Å². The quantitative estimate of drug-likeness (QED) is 0.640. The molecule has 0 saturated carbocycles. The number of carbonyl (C=O) groups is 2. The Morgan fingerprint density at radius 2 is 1.71 bits per heavy atom. The number of nitrogens with one attached hydrogen (secondary N) is 2. The highest BCUT2D eigenvalue weighted by Crippen LogP contribution is 2.13. The fourth-order valence-corrected chi connectivity index (χ4v) is 2.54. The SMILES string of the molecule is COC(=O)c1ccc(NC(=O)c2ccc(NCc3ccccc3C)nn2)cc1. The van der Waals surface area contributed by atoms with Crippen molar-refractivity contribution in [3.05, 3.63) is 83.0 Å². The Morgan fingerprint density at radius 3 is 2.36 bits per heavy atom. The van der Waals surface area contributed by atoms with Crippen LogP contribution in [0.15, 0.2) is 60.7 Å². The van der Waals surface area contributed by atoms with Gasteiger partial charge in [-0.15, -0.1) is 10.2 Å². The van der Waals surface area contributed by atoms with Crippen LogP contribution >= 0.6 is 0 Å². The molecule has 28 heavy (non-hydrogen) atoms. The van der Waals surface area contributed by atoms with E-state index in [0.717, 1.165) is 0 Å². The lowest BCUT2D eigenvalue weighted by Crippen LogP contribution is -2.15. The van der Waals surface area contributed by atoms with Gasteiger partial charge in [-0.1, -0.05) is 24.3 Å². The lowest BCUT2D eigenvalue weighted by atomic mass is 10.1. The van der Waals surface area contributed by atoms with Gasteiger partial charge in [0.05, 0.1) is 12.7 Å². The van der Waals surface area contributed by atoms with Gasteiger partial charge in [0.2, 0.25) is 0 Å². The summed E-state index contributed by atoms with van der Waals surface area (Å²) >= 11 is 0. The molecule has 0 aliphatic rings. The van der Waals surface area contributed by atoms with Crippen LogP contribution in [0.3, 0.4) is 0 Å². The predicted octanol–water partition coefficient (Wildman–Crippen LogP) is 3.44. The Bertz CT molecular complexity index is 970. The number of hydrogen-bond donors (Lipinski definition) is 2. The summed E-state index contributed by atoms with van der Waals surface area (Å²) < 4.78 is 4.64. The summed E-state index contributed by atoms with van der Waals surface area (Å²) in [6.45, 7) is 2.67. The largest absolute Gasteiger partial charge is 0.465 e. The molecule has 0 unspecified atom stereocenters. The molecule has 3 aromatic rings. The van der Waals surface area contributed by atoms with Gasteiger partial charge in [0.1, 0.15) is 5.82 Å². The van der Waals surface area contributed by atoms with Crippen molar-refractivity contribution >= 4 is 23.4 Å². The number of ether oxygens (including phenoxy) is 1. The molecule has 0 atom stereocenters. The number of hydrogen-bond acceptors (Lipinski definition) is 6. The Labute approximate surface area is 162 Å². The van der Waals surface area contributed by atoms with Crippen molar-refractivity contribution in [2.24, 2.45) is 0 Å². The number of aromatic nitrogens is 2.